The summed E-state index contributed by atoms with van der Waals surface area (Å²) in [7, 11) is 0. The van der Waals surface area contributed by atoms with Gasteiger partial charge in [-0.15, -0.1) is 0 Å². The van der Waals surface area contributed by atoms with Crippen LogP contribution < -0.4 is 5.32 Å². The highest BCUT2D eigenvalue weighted by Gasteiger charge is 2.54. The summed E-state index contributed by atoms with van der Waals surface area (Å²) in [5, 5.41) is 2.55. The van der Waals surface area contributed by atoms with Crippen LogP contribution in [0.5, 0.6) is 0 Å². The number of Topliss-reactive ketones (excluding diaryl/α,β-unsaturated/α-hetero) is 1. The minimum absolute atomic E-state index is 0.127. The van der Waals surface area contributed by atoms with Gasteiger partial charge in [0.05, 0.1) is 12.6 Å². The van der Waals surface area contributed by atoms with Crippen LogP contribution in [0, 0.1) is 23.2 Å². The molecule has 1 aliphatic heterocycles. The Morgan fingerprint density at radius 3 is 2.21 bits per heavy atom. The highest BCUT2D eigenvalue weighted by molar-refractivity contribution is 6.06. The zero-order chi connectivity index (χ0) is 20.0. The average molecular weight is 395 g/mol. The van der Waals surface area contributed by atoms with E-state index in [4.69, 9.17) is 0 Å². The quantitative estimate of drug-likeness (QED) is 0.779. The van der Waals surface area contributed by atoms with Crippen LogP contribution in [0.25, 0.3) is 0 Å². The maximum absolute atomic E-state index is 13.4. The summed E-state index contributed by atoms with van der Waals surface area (Å²) in [4.78, 5) is 40.6. The van der Waals surface area contributed by atoms with Crippen molar-refractivity contribution in [3.05, 3.63) is 35.9 Å². The van der Waals surface area contributed by atoms with Crippen LogP contribution in [0.1, 0.15) is 61.7 Å². The van der Waals surface area contributed by atoms with Crippen LogP contribution >= 0.6 is 0 Å². The van der Waals surface area contributed by atoms with E-state index >= 15 is 0 Å². The Morgan fingerprint density at radius 2 is 1.59 bits per heavy atom. The molecule has 5 nitrogen and oxygen atoms in total. The van der Waals surface area contributed by atoms with Gasteiger partial charge in [-0.2, -0.15) is 0 Å². The maximum Gasteiger partial charge on any atom is 0.257 e. The van der Waals surface area contributed by atoms with Crippen LogP contribution in [-0.2, 0) is 9.59 Å². The van der Waals surface area contributed by atoms with E-state index in [0.717, 1.165) is 50.0 Å². The lowest BCUT2D eigenvalue weighted by molar-refractivity contribution is -0.145. The van der Waals surface area contributed by atoms with Gasteiger partial charge in [-0.05, 0) is 87.8 Å². The van der Waals surface area contributed by atoms with Gasteiger partial charge in [0.15, 0.2) is 5.78 Å². The topological polar surface area (TPSA) is 66.5 Å². The first-order valence-electron chi connectivity index (χ1n) is 11.2. The fourth-order valence-electron chi connectivity index (χ4n) is 6.97. The Kier molecular flexibility index (Phi) is 4.81. The molecule has 1 heterocycles. The van der Waals surface area contributed by atoms with Crippen molar-refractivity contribution in [3.8, 4) is 0 Å². The van der Waals surface area contributed by atoms with Crippen molar-refractivity contribution >= 4 is 17.6 Å². The van der Waals surface area contributed by atoms with E-state index in [9.17, 15) is 14.4 Å². The Balaban J connectivity index is 1.24. The second kappa shape index (κ2) is 7.35. The summed E-state index contributed by atoms with van der Waals surface area (Å²) in [5.74, 6) is 1.94. The highest BCUT2D eigenvalue weighted by atomic mass is 16.2. The molecule has 0 radical (unpaired) electrons. The number of rotatable bonds is 5. The number of ketones is 1. The first-order valence-corrected chi connectivity index (χ1v) is 11.2. The van der Waals surface area contributed by atoms with E-state index < -0.39 is 0 Å². The van der Waals surface area contributed by atoms with E-state index in [1.165, 1.54) is 19.3 Å². The Labute approximate surface area is 172 Å². The van der Waals surface area contributed by atoms with Gasteiger partial charge in [-0.3, -0.25) is 24.6 Å². The molecule has 5 heteroatoms. The summed E-state index contributed by atoms with van der Waals surface area (Å²) in [6.07, 6.45) is 8.77. The molecule has 0 aromatic heterocycles. The van der Waals surface area contributed by atoms with Crippen molar-refractivity contribution in [2.75, 3.05) is 13.1 Å². The zero-order valence-corrected chi connectivity index (χ0v) is 16.9. The number of benzene rings is 1. The van der Waals surface area contributed by atoms with Crippen LogP contribution in [0.3, 0.4) is 0 Å². The third-order valence-corrected chi connectivity index (χ3v) is 7.92. The smallest absolute Gasteiger partial charge is 0.257 e. The molecular weight excluding hydrogens is 364 g/mol. The molecule has 4 aliphatic carbocycles. The van der Waals surface area contributed by atoms with Crippen molar-refractivity contribution in [2.24, 2.45) is 23.2 Å². The molecule has 1 atom stereocenters. The lowest BCUT2D eigenvalue weighted by atomic mass is 9.48. The highest BCUT2D eigenvalue weighted by Crippen LogP contribution is 2.60. The second-order valence-electron chi connectivity index (χ2n) is 9.93. The molecule has 1 aromatic rings. The van der Waals surface area contributed by atoms with Gasteiger partial charge in [-0.1, -0.05) is 18.2 Å². The summed E-state index contributed by atoms with van der Waals surface area (Å²) in [6.45, 7) is 1.12. The van der Waals surface area contributed by atoms with Crippen molar-refractivity contribution in [2.45, 2.75) is 57.4 Å². The molecule has 5 aliphatic rings. The molecule has 154 valence electrons. The lowest BCUT2D eigenvalue weighted by Crippen LogP contribution is -2.54. The second-order valence-corrected chi connectivity index (χ2v) is 9.93. The minimum Gasteiger partial charge on any atom is -0.298 e. The first kappa shape index (κ1) is 19.0. The van der Waals surface area contributed by atoms with Crippen LogP contribution in [-0.4, -0.2) is 41.6 Å². The van der Waals surface area contributed by atoms with E-state index in [1.54, 1.807) is 24.3 Å². The predicted octanol–water partition coefficient (Wildman–Crippen LogP) is 3.19. The van der Waals surface area contributed by atoms with E-state index in [1.807, 2.05) is 11.0 Å². The predicted molar refractivity (Wildman–Crippen MR) is 109 cm³/mol. The van der Waals surface area contributed by atoms with Crippen LogP contribution in [0.2, 0.25) is 0 Å². The van der Waals surface area contributed by atoms with Gasteiger partial charge < -0.3 is 0 Å². The number of hydrogen-bond donors (Lipinski definition) is 1. The molecular formula is C24H30N2O3. The summed E-state index contributed by atoms with van der Waals surface area (Å²) >= 11 is 0. The normalized spacial score (nSPS) is 35.6. The van der Waals surface area contributed by atoms with Gasteiger partial charge in [0.1, 0.15) is 0 Å². The average Bonchev–Trinajstić information content (AvgIpc) is 3.16. The van der Waals surface area contributed by atoms with E-state index in [2.05, 4.69) is 5.32 Å². The monoisotopic (exact) mass is 394 g/mol. The van der Waals surface area contributed by atoms with Gasteiger partial charge in [0.2, 0.25) is 5.91 Å². The summed E-state index contributed by atoms with van der Waals surface area (Å²) in [6, 6.07) is 8.43. The third-order valence-electron chi connectivity index (χ3n) is 7.92. The van der Waals surface area contributed by atoms with Crippen LogP contribution in [0.4, 0.5) is 0 Å². The summed E-state index contributed by atoms with van der Waals surface area (Å²) in [5.41, 5.74) is 0.355. The number of likely N-dealkylation sites (tertiary alicyclic amines) is 1. The van der Waals surface area contributed by atoms with E-state index in [0.29, 0.717) is 24.3 Å². The Hall–Kier alpha value is -2.01. The van der Waals surface area contributed by atoms with Gasteiger partial charge >= 0.3 is 0 Å². The van der Waals surface area contributed by atoms with Gasteiger partial charge in [-0.25, -0.2) is 0 Å². The molecule has 4 bridgehead atoms. The molecule has 1 N–H and O–H groups in total. The standard InChI is InChI=1S/C24H30N2O3/c27-21(24-12-16-9-17(13-24)11-18(10-16)14-24)15-26-8-4-7-20(26)23(29)25-22(28)19-5-2-1-3-6-19/h1-3,5-6,16-18,20H,4,7-15H2,(H,25,28,29)/t16?,17?,18?,20-,24?/m0/s1. The Bertz CT molecular complexity index is 783. The number of carbonyl (C=O) groups excluding carboxylic acids is 3. The van der Waals surface area contributed by atoms with Gasteiger partial charge in [0, 0.05) is 11.0 Å². The third kappa shape index (κ3) is 3.54. The number of amides is 2. The lowest BCUT2D eigenvalue weighted by Gasteiger charge is -2.56. The van der Waals surface area contributed by atoms with Crippen molar-refractivity contribution in [3.63, 3.8) is 0 Å². The number of imide groups is 1. The first-order chi connectivity index (χ1) is 14.0. The Morgan fingerprint density at radius 1 is 0.966 bits per heavy atom. The maximum atomic E-state index is 13.4. The van der Waals surface area contributed by atoms with E-state index in [-0.39, 0.29) is 23.3 Å². The molecule has 2 amide bonds. The SMILES string of the molecule is O=C(NC(=O)[C@@H]1CCCN1CC(=O)C12CC3CC(CC(C3)C1)C2)c1ccccc1. The molecule has 1 saturated heterocycles. The zero-order valence-electron chi connectivity index (χ0n) is 16.9. The largest absolute Gasteiger partial charge is 0.298 e. The fraction of sp³-hybridized carbons (Fsp3) is 0.625. The van der Waals surface area contributed by atoms with Crippen LogP contribution in [0.15, 0.2) is 30.3 Å². The van der Waals surface area contributed by atoms with Crippen molar-refractivity contribution in [1.82, 2.24) is 10.2 Å². The fourth-order valence-corrected chi connectivity index (χ4v) is 6.97. The van der Waals surface area contributed by atoms with Gasteiger partial charge in [0.25, 0.3) is 5.91 Å². The number of hydrogen-bond acceptors (Lipinski definition) is 4. The molecule has 5 fully saturated rings. The molecule has 0 spiro atoms. The molecule has 29 heavy (non-hydrogen) atoms. The van der Waals surface area contributed by atoms with Crippen molar-refractivity contribution in [1.29, 1.82) is 0 Å². The minimum atomic E-state index is -0.375. The molecule has 1 aromatic carbocycles. The molecule has 0 unspecified atom stereocenters. The number of nitrogens with zero attached hydrogens (tertiary/aromatic N) is 1. The number of nitrogens with one attached hydrogen (secondary N) is 1. The molecule has 4 saturated carbocycles. The summed E-state index contributed by atoms with van der Waals surface area (Å²) < 4.78 is 0. The molecule has 6 rings (SSSR count). The number of carbonyl (C=O) groups is 3. The van der Waals surface area contributed by atoms with Crippen molar-refractivity contribution < 1.29 is 14.4 Å².